The summed E-state index contributed by atoms with van der Waals surface area (Å²) in [5, 5.41) is 0. The molecule has 0 bridgehead atoms. The fourth-order valence-electron chi connectivity index (χ4n) is 1.61. The summed E-state index contributed by atoms with van der Waals surface area (Å²) in [5.74, 6) is 2.44. The van der Waals surface area contributed by atoms with Gasteiger partial charge in [0.15, 0.2) is 0 Å². The van der Waals surface area contributed by atoms with Crippen LogP contribution in [0, 0.1) is 0 Å². The molecule has 0 amide bonds. The Balaban J connectivity index is 1.92. The normalized spacial score (nSPS) is 19.7. The van der Waals surface area contributed by atoms with Crippen molar-refractivity contribution in [2.45, 2.75) is 25.7 Å². The van der Waals surface area contributed by atoms with Crippen molar-refractivity contribution in [1.82, 2.24) is 0 Å². The van der Waals surface area contributed by atoms with Gasteiger partial charge in [0, 0.05) is 12.8 Å². The van der Waals surface area contributed by atoms with E-state index in [1.54, 1.807) is 6.08 Å². The van der Waals surface area contributed by atoms with Gasteiger partial charge in [-0.2, -0.15) is 0 Å². The number of hydrogen-bond donors (Lipinski definition) is 0. The first-order valence-electron chi connectivity index (χ1n) is 5.28. The summed E-state index contributed by atoms with van der Waals surface area (Å²) in [4.78, 5) is 0. The monoisotopic (exact) mass is 240 g/mol. The first-order valence-corrected chi connectivity index (χ1v) is 5.92. The molecule has 0 atom stereocenters. The molecule has 2 rings (SSSR count). The predicted octanol–water partition coefficient (Wildman–Crippen LogP) is 4.35. The third-order valence-electron chi connectivity index (χ3n) is 2.42. The minimum absolute atomic E-state index is 0.116. The molecule has 2 aliphatic rings. The Morgan fingerprint density at radius 2 is 1.94 bits per heavy atom. The quantitative estimate of drug-likeness (QED) is 0.681. The summed E-state index contributed by atoms with van der Waals surface area (Å²) in [6.07, 6.45) is 13.3. The fourth-order valence-corrected chi connectivity index (χ4v) is 1.83. The van der Waals surface area contributed by atoms with E-state index in [9.17, 15) is 3.89 Å². The summed E-state index contributed by atoms with van der Waals surface area (Å²) in [6, 6.07) is 0. The average Bonchev–Trinajstić information content (AvgIpc) is 2.33. The van der Waals surface area contributed by atoms with Gasteiger partial charge in [0.25, 0.3) is 12.4 Å². The molecule has 0 aromatic carbocycles. The molecule has 16 heavy (non-hydrogen) atoms. The van der Waals surface area contributed by atoms with Crippen LogP contribution in [0.25, 0.3) is 0 Å². The van der Waals surface area contributed by atoms with Gasteiger partial charge < -0.3 is 8.92 Å². The minimum Gasteiger partial charge on any atom is -0.462 e. The zero-order chi connectivity index (χ0) is 11.2. The highest BCUT2D eigenvalue weighted by Gasteiger charge is 2.10. The van der Waals surface area contributed by atoms with Gasteiger partial charge in [0.2, 0.25) is 0 Å². The van der Waals surface area contributed by atoms with Crippen LogP contribution in [-0.4, -0.2) is 0 Å². The van der Waals surface area contributed by atoms with Crippen LogP contribution < -0.4 is 0 Å². The Bertz CT molecular complexity index is 369. The summed E-state index contributed by atoms with van der Waals surface area (Å²) >= 11 is -0.116. The van der Waals surface area contributed by atoms with Gasteiger partial charge in [-0.25, -0.2) is 0 Å². The second kappa shape index (κ2) is 5.80. The van der Waals surface area contributed by atoms with Gasteiger partial charge in [-0.3, -0.25) is 0 Å². The molecule has 0 unspecified atom stereocenters. The molecular formula is C12H13FO2S. The summed E-state index contributed by atoms with van der Waals surface area (Å²) < 4.78 is 22.2. The molecule has 2 nitrogen and oxygen atoms in total. The van der Waals surface area contributed by atoms with Gasteiger partial charge in [0.05, 0.1) is 0 Å². The van der Waals surface area contributed by atoms with Crippen molar-refractivity contribution in [2.24, 2.45) is 0 Å². The van der Waals surface area contributed by atoms with Crippen molar-refractivity contribution in [3.05, 3.63) is 47.7 Å². The van der Waals surface area contributed by atoms with Crippen molar-refractivity contribution < 1.29 is 12.8 Å². The van der Waals surface area contributed by atoms with E-state index < -0.39 is 0 Å². The van der Waals surface area contributed by atoms with Gasteiger partial charge in [-0.15, -0.1) is 3.89 Å². The van der Waals surface area contributed by atoms with Crippen LogP contribution in [0.5, 0.6) is 0 Å². The maximum absolute atomic E-state index is 11.8. The second-order valence-electron chi connectivity index (χ2n) is 3.60. The Kier molecular flexibility index (Phi) is 4.10. The maximum Gasteiger partial charge on any atom is 0.271 e. The lowest BCUT2D eigenvalue weighted by molar-refractivity contribution is 0.292. The Morgan fingerprint density at radius 1 is 1.12 bits per heavy atom. The molecule has 0 aromatic rings. The Hall–Kier alpha value is -1.16. The van der Waals surface area contributed by atoms with E-state index in [0.717, 1.165) is 30.8 Å². The van der Waals surface area contributed by atoms with E-state index in [0.29, 0.717) is 12.2 Å². The molecule has 0 aliphatic heterocycles. The molecular weight excluding hydrogens is 227 g/mol. The molecule has 0 aromatic heterocycles. The van der Waals surface area contributed by atoms with Crippen LogP contribution in [0.1, 0.15) is 25.7 Å². The SMILES string of the molecule is FSOC1=CC=C(OC2=CCCC=C2)CC1. The lowest BCUT2D eigenvalue weighted by Gasteiger charge is -2.15. The smallest absolute Gasteiger partial charge is 0.271 e. The molecule has 2 aliphatic carbocycles. The number of allylic oxidation sites excluding steroid dienone is 7. The second-order valence-corrected chi connectivity index (χ2v) is 3.89. The largest absolute Gasteiger partial charge is 0.462 e. The summed E-state index contributed by atoms with van der Waals surface area (Å²) in [6.45, 7) is 0. The molecule has 0 heterocycles. The molecule has 0 saturated carbocycles. The highest BCUT2D eigenvalue weighted by molar-refractivity contribution is 7.89. The highest BCUT2D eigenvalue weighted by atomic mass is 32.2. The van der Waals surface area contributed by atoms with E-state index in [2.05, 4.69) is 12.2 Å². The van der Waals surface area contributed by atoms with Crippen LogP contribution in [0.15, 0.2) is 47.7 Å². The molecule has 0 saturated heterocycles. The van der Waals surface area contributed by atoms with Crippen molar-refractivity contribution in [1.29, 1.82) is 0 Å². The third kappa shape index (κ3) is 3.17. The number of hydrogen-bond acceptors (Lipinski definition) is 3. The predicted molar refractivity (Wildman–Crippen MR) is 62.7 cm³/mol. The molecule has 0 fully saturated rings. The Labute approximate surface area is 99.0 Å². The van der Waals surface area contributed by atoms with E-state index in [4.69, 9.17) is 8.92 Å². The topological polar surface area (TPSA) is 18.5 Å². The lowest BCUT2D eigenvalue weighted by Crippen LogP contribution is -1.99. The van der Waals surface area contributed by atoms with Gasteiger partial charge in [-0.05, 0) is 37.1 Å². The van der Waals surface area contributed by atoms with Gasteiger partial charge >= 0.3 is 0 Å². The zero-order valence-electron chi connectivity index (χ0n) is 8.82. The number of rotatable bonds is 4. The molecule has 86 valence electrons. The Morgan fingerprint density at radius 3 is 2.56 bits per heavy atom. The average molecular weight is 240 g/mol. The van der Waals surface area contributed by atoms with Crippen LogP contribution in [0.4, 0.5) is 3.89 Å². The third-order valence-corrected chi connectivity index (χ3v) is 2.70. The van der Waals surface area contributed by atoms with E-state index >= 15 is 0 Å². The van der Waals surface area contributed by atoms with Crippen LogP contribution in [0.2, 0.25) is 0 Å². The fraction of sp³-hybridized carbons (Fsp3) is 0.333. The highest BCUT2D eigenvalue weighted by Crippen LogP contribution is 2.26. The van der Waals surface area contributed by atoms with Gasteiger partial charge in [-0.1, -0.05) is 6.08 Å². The van der Waals surface area contributed by atoms with Gasteiger partial charge in [0.1, 0.15) is 17.3 Å². The zero-order valence-corrected chi connectivity index (χ0v) is 9.63. The molecule has 4 heteroatoms. The first-order chi connectivity index (χ1) is 7.88. The minimum atomic E-state index is -0.116. The van der Waals surface area contributed by atoms with E-state index in [-0.39, 0.29) is 12.4 Å². The summed E-state index contributed by atoms with van der Waals surface area (Å²) in [7, 11) is 0. The van der Waals surface area contributed by atoms with Crippen molar-refractivity contribution in [2.75, 3.05) is 0 Å². The van der Waals surface area contributed by atoms with E-state index in [1.807, 2.05) is 12.2 Å². The molecule has 0 N–H and O–H groups in total. The first kappa shape index (κ1) is 11.3. The van der Waals surface area contributed by atoms with Crippen LogP contribution in [-0.2, 0) is 8.92 Å². The number of halogens is 1. The number of ether oxygens (including phenoxy) is 1. The van der Waals surface area contributed by atoms with Crippen LogP contribution >= 0.6 is 12.4 Å². The molecule has 0 spiro atoms. The van der Waals surface area contributed by atoms with Crippen molar-refractivity contribution in [3.8, 4) is 0 Å². The van der Waals surface area contributed by atoms with Crippen molar-refractivity contribution >= 4 is 12.4 Å². The molecule has 0 radical (unpaired) electrons. The van der Waals surface area contributed by atoms with Crippen molar-refractivity contribution in [3.63, 3.8) is 0 Å². The standard InChI is InChI=1S/C12H13FO2S/c13-16-15-12-8-6-11(7-9-12)14-10-4-2-1-3-5-10/h2,4-6,8H,1,3,7,9H2. The lowest BCUT2D eigenvalue weighted by atomic mass is 10.1. The summed E-state index contributed by atoms with van der Waals surface area (Å²) in [5.41, 5.74) is 0. The maximum atomic E-state index is 11.8. The van der Waals surface area contributed by atoms with Crippen LogP contribution in [0.3, 0.4) is 0 Å². The van der Waals surface area contributed by atoms with E-state index in [1.165, 1.54) is 0 Å².